The number of fused-ring (bicyclic) bond motifs is 2. The lowest BCUT2D eigenvalue weighted by Gasteiger charge is -2.39. The summed E-state index contributed by atoms with van der Waals surface area (Å²) < 4.78 is 0. The standard InChI is InChI=1S/C9H14N2.ClH/c1-2-7-4-9(6-10-9)5-8(3-1)11-7;/h6-8,11H,1-5H2;1H. The number of rotatable bonds is 0. The molecule has 0 amide bonds. The third-order valence-electron chi connectivity index (χ3n) is 3.27. The number of nitrogens with one attached hydrogen (secondary N) is 1. The van der Waals surface area contributed by atoms with E-state index in [9.17, 15) is 0 Å². The molecule has 2 nitrogen and oxygen atoms in total. The van der Waals surface area contributed by atoms with E-state index in [1.165, 1.54) is 32.1 Å². The van der Waals surface area contributed by atoms with Crippen LogP contribution in [0.3, 0.4) is 0 Å². The zero-order valence-electron chi connectivity index (χ0n) is 7.12. The van der Waals surface area contributed by atoms with Crippen molar-refractivity contribution >= 4 is 18.6 Å². The summed E-state index contributed by atoms with van der Waals surface area (Å²) in [5, 5.41) is 3.67. The highest BCUT2D eigenvalue weighted by Crippen LogP contribution is 2.39. The first kappa shape index (κ1) is 8.52. The lowest BCUT2D eigenvalue weighted by atomic mass is 9.79. The molecule has 0 aromatic rings. The molecule has 2 atom stereocenters. The van der Waals surface area contributed by atoms with Crippen molar-refractivity contribution in [2.75, 3.05) is 0 Å². The number of aliphatic imine (C=N–C) groups is 1. The minimum Gasteiger partial charge on any atom is -0.311 e. The number of hydrogen-bond donors (Lipinski definition) is 1. The van der Waals surface area contributed by atoms with Crippen LogP contribution in [0.25, 0.3) is 0 Å². The lowest BCUT2D eigenvalue weighted by molar-refractivity contribution is 0.216. The van der Waals surface area contributed by atoms with Crippen LogP contribution in [0.5, 0.6) is 0 Å². The molecule has 2 fully saturated rings. The maximum Gasteiger partial charge on any atom is 0.0979 e. The van der Waals surface area contributed by atoms with Gasteiger partial charge in [0.05, 0.1) is 5.54 Å². The van der Waals surface area contributed by atoms with Crippen LogP contribution >= 0.6 is 12.4 Å². The van der Waals surface area contributed by atoms with E-state index in [0.29, 0.717) is 5.54 Å². The van der Waals surface area contributed by atoms with Crippen LogP contribution in [0.4, 0.5) is 0 Å². The van der Waals surface area contributed by atoms with Gasteiger partial charge in [-0.15, -0.1) is 12.4 Å². The Morgan fingerprint density at radius 3 is 2.33 bits per heavy atom. The van der Waals surface area contributed by atoms with Crippen molar-refractivity contribution in [1.29, 1.82) is 0 Å². The molecular weight excluding hydrogens is 172 g/mol. The Labute approximate surface area is 79.2 Å². The third-order valence-corrected chi connectivity index (χ3v) is 3.27. The van der Waals surface area contributed by atoms with Crippen molar-refractivity contribution < 1.29 is 0 Å². The van der Waals surface area contributed by atoms with Crippen molar-refractivity contribution in [3.8, 4) is 0 Å². The number of halogens is 1. The number of piperidine rings is 2. The average Bonchev–Trinajstić information content (AvgIpc) is 2.68. The minimum atomic E-state index is 0. The first-order valence-electron chi connectivity index (χ1n) is 4.69. The molecule has 3 rings (SSSR count). The van der Waals surface area contributed by atoms with Crippen LogP contribution in [0.2, 0.25) is 0 Å². The highest BCUT2D eigenvalue weighted by atomic mass is 35.5. The topological polar surface area (TPSA) is 24.4 Å². The molecular formula is C9H15ClN2. The molecule has 0 aromatic carbocycles. The number of nitrogens with zero attached hydrogens (tertiary/aromatic N) is 1. The van der Waals surface area contributed by atoms with E-state index in [0.717, 1.165) is 12.1 Å². The van der Waals surface area contributed by atoms with Crippen molar-refractivity contribution in [1.82, 2.24) is 5.32 Å². The van der Waals surface area contributed by atoms with Gasteiger partial charge in [-0.1, -0.05) is 6.42 Å². The second-order valence-electron chi connectivity index (χ2n) is 4.26. The molecule has 2 saturated heterocycles. The summed E-state index contributed by atoms with van der Waals surface area (Å²) in [6.07, 6.45) is 8.91. The summed E-state index contributed by atoms with van der Waals surface area (Å²) in [5.74, 6) is 0. The van der Waals surface area contributed by atoms with Crippen LogP contribution in [-0.2, 0) is 0 Å². The van der Waals surface area contributed by atoms with Gasteiger partial charge in [-0.2, -0.15) is 0 Å². The van der Waals surface area contributed by atoms with Crippen molar-refractivity contribution in [2.24, 2.45) is 4.99 Å². The largest absolute Gasteiger partial charge is 0.311 e. The lowest BCUT2D eigenvalue weighted by Crippen LogP contribution is -2.52. The first-order chi connectivity index (χ1) is 5.36. The maximum atomic E-state index is 4.41. The van der Waals surface area contributed by atoms with Crippen molar-refractivity contribution in [3.05, 3.63) is 0 Å². The van der Waals surface area contributed by atoms with Crippen LogP contribution in [0.1, 0.15) is 32.1 Å². The Morgan fingerprint density at radius 1 is 1.25 bits per heavy atom. The fraction of sp³-hybridized carbons (Fsp3) is 0.889. The summed E-state index contributed by atoms with van der Waals surface area (Å²) >= 11 is 0. The van der Waals surface area contributed by atoms with Gasteiger partial charge in [-0.3, -0.25) is 4.99 Å². The normalized spacial score (nSPS) is 48.7. The summed E-state index contributed by atoms with van der Waals surface area (Å²) in [6, 6.07) is 1.56. The van der Waals surface area contributed by atoms with E-state index >= 15 is 0 Å². The fourth-order valence-corrected chi connectivity index (χ4v) is 2.67. The van der Waals surface area contributed by atoms with Gasteiger partial charge in [-0.25, -0.2) is 0 Å². The molecule has 1 N–H and O–H groups in total. The van der Waals surface area contributed by atoms with Crippen LogP contribution in [0.15, 0.2) is 4.99 Å². The SMILES string of the molecule is C1=NC12CC1CCCC(C2)N1.Cl. The molecule has 1 spiro atoms. The summed E-state index contributed by atoms with van der Waals surface area (Å²) in [5.41, 5.74) is 0.362. The molecule has 3 aliphatic rings. The highest BCUT2D eigenvalue weighted by Gasteiger charge is 2.46. The van der Waals surface area contributed by atoms with Crippen molar-refractivity contribution in [2.45, 2.75) is 49.7 Å². The molecule has 0 aliphatic carbocycles. The molecule has 3 aliphatic heterocycles. The van der Waals surface area contributed by atoms with Gasteiger partial charge < -0.3 is 5.32 Å². The van der Waals surface area contributed by atoms with Gasteiger partial charge in [0.15, 0.2) is 0 Å². The third kappa shape index (κ3) is 1.27. The zero-order chi connectivity index (χ0) is 7.31. The Bertz CT molecular complexity index is 195. The molecule has 2 unspecified atom stereocenters. The molecule has 0 saturated carbocycles. The maximum absolute atomic E-state index is 4.41. The van der Waals surface area contributed by atoms with Crippen LogP contribution in [-0.4, -0.2) is 23.8 Å². The van der Waals surface area contributed by atoms with Crippen molar-refractivity contribution in [3.63, 3.8) is 0 Å². The van der Waals surface area contributed by atoms with E-state index in [4.69, 9.17) is 0 Å². The minimum absolute atomic E-state index is 0. The summed E-state index contributed by atoms with van der Waals surface area (Å²) in [6.45, 7) is 0. The molecule has 2 bridgehead atoms. The van der Waals surface area contributed by atoms with Gasteiger partial charge >= 0.3 is 0 Å². The van der Waals surface area contributed by atoms with Gasteiger partial charge in [0.2, 0.25) is 0 Å². The molecule has 0 radical (unpaired) electrons. The fourth-order valence-electron chi connectivity index (χ4n) is 2.67. The number of hydrogen-bond acceptors (Lipinski definition) is 2. The van der Waals surface area contributed by atoms with E-state index in [1.807, 2.05) is 0 Å². The summed E-state index contributed by atoms with van der Waals surface area (Å²) in [4.78, 5) is 4.41. The van der Waals surface area contributed by atoms with Gasteiger partial charge in [0.25, 0.3) is 0 Å². The van der Waals surface area contributed by atoms with E-state index in [1.54, 1.807) is 0 Å². The van der Waals surface area contributed by atoms with Crippen LogP contribution in [0, 0.1) is 0 Å². The molecule has 68 valence electrons. The Morgan fingerprint density at radius 2 is 1.83 bits per heavy atom. The Kier molecular flexibility index (Phi) is 1.92. The molecule has 3 heteroatoms. The van der Waals surface area contributed by atoms with Gasteiger partial charge in [0.1, 0.15) is 0 Å². The predicted molar refractivity (Wildman–Crippen MR) is 52.3 cm³/mol. The zero-order valence-corrected chi connectivity index (χ0v) is 7.94. The second kappa shape index (κ2) is 2.71. The second-order valence-corrected chi connectivity index (χ2v) is 4.26. The van der Waals surface area contributed by atoms with E-state index in [-0.39, 0.29) is 12.4 Å². The van der Waals surface area contributed by atoms with Gasteiger partial charge in [0, 0.05) is 18.3 Å². The molecule has 3 heterocycles. The monoisotopic (exact) mass is 186 g/mol. The molecule has 12 heavy (non-hydrogen) atoms. The molecule has 0 aromatic heterocycles. The first-order valence-corrected chi connectivity index (χ1v) is 4.69. The highest BCUT2D eigenvalue weighted by molar-refractivity contribution is 5.85. The average molecular weight is 187 g/mol. The Balaban J connectivity index is 0.000000563. The predicted octanol–water partition coefficient (Wildman–Crippen LogP) is 1.54. The van der Waals surface area contributed by atoms with E-state index < -0.39 is 0 Å². The van der Waals surface area contributed by atoms with E-state index in [2.05, 4.69) is 16.5 Å². The smallest absolute Gasteiger partial charge is 0.0979 e. The quantitative estimate of drug-likeness (QED) is 0.610. The van der Waals surface area contributed by atoms with Crippen LogP contribution < -0.4 is 5.32 Å². The Hall–Kier alpha value is -0.0800. The van der Waals surface area contributed by atoms with Gasteiger partial charge in [-0.05, 0) is 25.7 Å². The summed E-state index contributed by atoms with van der Waals surface area (Å²) in [7, 11) is 0.